The van der Waals surface area contributed by atoms with E-state index in [0.29, 0.717) is 23.6 Å². The molecule has 0 atom stereocenters. The summed E-state index contributed by atoms with van der Waals surface area (Å²) in [6.45, 7) is 2.02. The monoisotopic (exact) mass is 431 g/mol. The molecular weight excluding hydrogens is 410 g/mol. The van der Waals surface area contributed by atoms with Gasteiger partial charge in [0.15, 0.2) is 11.0 Å². The number of nitrogen functional groups attached to an aromatic ring is 1. The third-order valence-electron chi connectivity index (χ3n) is 4.94. The van der Waals surface area contributed by atoms with Crippen molar-refractivity contribution in [2.45, 2.75) is 36.7 Å². The molecule has 1 aliphatic carbocycles. The molecule has 5 rings (SSSR count). The lowest BCUT2D eigenvalue weighted by atomic mass is 10.2. The summed E-state index contributed by atoms with van der Waals surface area (Å²) in [5.74, 6) is 2.58. The maximum absolute atomic E-state index is 5.94. The van der Waals surface area contributed by atoms with Gasteiger partial charge in [-0.3, -0.25) is 9.55 Å². The highest BCUT2D eigenvalue weighted by Gasteiger charge is 2.30. The second kappa shape index (κ2) is 8.31. The van der Waals surface area contributed by atoms with E-state index in [1.165, 1.54) is 0 Å². The van der Waals surface area contributed by atoms with Gasteiger partial charge in [-0.2, -0.15) is 15.0 Å². The minimum atomic E-state index is 0.183. The van der Waals surface area contributed by atoms with Crippen molar-refractivity contribution in [3.63, 3.8) is 0 Å². The van der Waals surface area contributed by atoms with E-state index in [0.717, 1.165) is 40.6 Å². The third kappa shape index (κ3) is 4.33. The van der Waals surface area contributed by atoms with Crippen molar-refractivity contribution in [1.82, 2.24) is 34.7 Å². The van der Waals surface area contributed by atoms with Crippen LogP contribution in [0, 0.1) is 6.92 Å². The molecule has 31 heavy (non-hydrogen) atoms. The summed E-state index contributed by atoms with van der Waals surface area (Å²) in [5.41, 5.74) is 8.98. The summed E-state index contributed by atoms with van der Waals surface area (Å²) in [5, 5.41) is 12.9. The van der Waals surface area contributed by atoms with Gasteiger partial charge in [0.05, 0.1) is 5.75 Å². The van der Waals surface area contributed by atoms with Crippen LogP contribution in [0.3, 0.4) is 0 Å². The Bertz CT molecular complexity index is 1200. The summed E-state index contributed by atoms with van der Waals surface area (Å²) >= 11 is 1.55. The standard InChI is InChI=1S/C21H21N9S/c1-13-4-2-3-5-16(13)24-20-26-17(25-19(22)27-20)12-31-21-29-28-18(30(21)15-6-7-15)14-8-10-23-11-9-14/h2-5,8-11,15H,6-7,12H2,1H3,(H3,22,24,25,26,27). The molecule has 0 radical (unpaired) electrons. The molecule has 4 aromatic rings. The Morgan fingerprint density at radius 3 is 2.65 bits per heavy atom. The number of pyridine rings is 1. The van der Waals surface area contributed by atoms with Crippen LogP contribution in [0.15, 0.2) is 53.9 Å². The Kier molecular flexibility index (Phi) is 5.21. The Morgan fingerprint density at radius 1 is 1.06 bits per heavy atom. The van der Waals surface area contributed by atoms with Gasteiger partial charge in [0, 0.05) is 29.7 Å². The molecule has 9 nitrogen and oxygen atoms in total. The summed E-state index contributed by atoms with van der Waals surface area (Å²) in [6, 6.07) is 12.3. The highest BCUT2D eigenvalue weighted by Crippen LogP contribution is 2.41. The van der Waals surface area contributed by atoms with Crippen molar-refractivity contribution in [3.8, 4) is 11.4 Å². The van der Waals surface area contributed by atoms with Crippen LogP contribution in [0.1, 0.15) is 30.3 Å². The normalized spacial score (nSPS) is 13.3. The van der Waals surface area contributed by atoms with Gasteiger partial charge in [0.2, 0.25) is 11.9 Å². The van der Waals surface area contributed by atoms with E-state index < -0.39 is 0 Å². The van der Waals surface area contributed by atoms with E-state index in [-0.39, 0.29) is 5.95 Å². The van der Waals surface area contributed by atoms with E-state index in [1.807, 2.05) is 43.3 Å². The topological polar surface area (TPSA) is 120 Å². The molecule has 1 aromatic carbocycles. The quantitative estimate of drug-likeness (QED) is 0.421. The van der Waals surface area contributed by atoms with Crippen LogP contribution in [0.5, 0.6) is 0 Å². The molecule has 10 heteroatoms. The van der Waals surface area contributed by atoms with Gasteiger partial charge in [-0.1, -0.05) is 30.0 Å². The Morgan fingerprint density at radius 2 is 1.87 bits per heavy atom. The first-order valence-corrected chi connectivity index (χ1v) is 11.0. The smallest absolute Gasteiger partial charge is 0.232 e. The maximum Gasteiger partial charge on any atom is 0.232 e. The highest BCUT2D eigenvalue weighted by atomic mass is 32.2. The molecule has 3 aromatic heterocycles. The molecule has 1 fully saturated rings. The number of anilines is 3. The predicted molar refractivity (Wildman–Crippen MR) is 120 cm³/mol. The predicted octanol–water partition coefficient (Wildman–Crippen LogP) is 3.79. The second-order valence-electron chi connectivity index (χ2n) is 7.31. The lowest BCUT2D eigenvalue weighted by Crippen LogP contribution is -2.07. The van der Waals surface area contributed by atoms with Crippen molar-refractivity contribution in [1.29, 1.82) is 0 Å². The molecule has 0 amide bonds. The van der Waals surface area contributed by atoms with Gasteiger partial charge in [-0.05, 0) is 43.5 Å². The van der Waals surface area contributed by atoms with Gasteiger partial charge in [-0.15, -0.1) is 10.2 Å². The van der Waals surface area contributed by atoms with Crippen LogP contribution in [0.25, 0.3) is 11.4 Å². The Labute approximate surface area is 183 Å². The number of benzene rings is 1. The molecule has 0 saturated heterocycles. The van der Waals surface area contributed by atoms with Crippen molar-refractivity contribution in [2.75, 3.05) is 11.1 Å². The number of rotatable bonds is 7. The van der Waals surface area contributed by atoms with Crippen LogP contribution < -0.4 is 11.1 Å². The van der Waals surface area contributed by atoms with Crippen molar-refractivity contribution < 1.29 is 0 Å². The van der Waals surface area contributed by atoms with Gasteiger partial charge in [-0.25, -0.2) is 0 Å². The summed E-state index contributed by atoms with van der Waals surface area (Å²) in [7, 11) is 0. The number of aromatic nitrogens is 7. The van der Waals surface area contributed by atoms with Crippen LogP contribution in [0.2, 0.25) is 0 Å². The minimum Gasteiger partial charge on any atom is -0.368 e. The van der Waals surface area contributed by atoms with Crippen molar-refractivity contribution in [2.24, 2.45) is 0 Å². The number of hydrogen-bond acceptors (Lipinski definition) is 9. The summed E-state index contributed by atoms with van der Waals surface area (Å²) in [6.07, 6.45) is 5.80. The second-order valence-corrected chi connectivity index (χ2v) is 8.25. The van der Waals surface area contributed by atoms with Crippen molar-refractivity contribution >= 4 is 29.3 Å². The number of nitrogens with one attached hydrogen (secondary N) is 1. The lowest BCUT2D eigenvalue weighted by Gasteiger charge is -2.10. The average molecular weight is 432 g/mol. The largest absolute Gasteiger partial charge is 0.368 e. The lowest BCUT2D eigenvalue weighted by molar-refractivity contribution is 0.669. The number of nitrogens with two attached hydrogens (primary N) is 1. The molecule has 3 heterocycles. The number of thioether (sulfide) groups is 1. The number of hydrogen-bond donors (Lipinski definition) is 2. The molecule has 156 valence electrons. The fourth-order valence-electron chi connectivity index (χ4n) is 3.26. The number of nitrogens with zero attached hydrogens (tertiary/aromatic N) is 7. The van der Waals surface area contributed by atoms with Gasteiger partial charge >= 0.3 is 0 Å². The highest BCUT2D eigenvalue weighted by molar-refractivity contribution is 7.98. The molecule has 3 N–H and O–H groups in total. The van der Waals surface area contributed by atoms with Crippen molar-refractivity contribution in [3.05, 3.63) is 60.2 Å². The van der Waals surface area contributed by atoms with E-state index >= 15 is 0 Å². The van der Waals surface area contributed by atoms with Gasteiger partial charge in [0.1, 0.15) is 5.82 Å². The fourth-order valence-corrected chi connectivity index (χ4v) is 4.12. The third-order valence-corrected chi connectivity index (χ3v) is 5.88. The SMILES string of the molecule is Cc1ccccc1Nc1nc(N)nc(CSc2nnc(-c3ccncc3)n2C2CC2)n1. The zero-order valence-corrected chi connectivity index (χ0v) is 17.8. The van der Waals surface area contributed by atoms with E-state index in [9.17, 15) is 0 Å². The van der Waals surface area contributed by atoms with Gasteiger partial charge in [0.25, 0.3) is 0 Å². The summed E-state index contributed by atoms with van der Waals surface area (Å²) < 4.78 is 2.21. The number of para-hydroxylation sites is 1. The van der Waals surface area contributed by atoms with Crippen LogP contribution in [0.4, 0.5) is 17.6 Å². The molecule has 1 saturated carbocycles. The van der Waals surface area contributed by atoms with Crippen LogP contribution in [-0.2, 0) is 5.75 Å². The first-order valence-electron chi connectivity index (χ1n) is 9.98. The van der Waals surface area contributed by atoms with E-state index in [2.05, 4.69) is 40.0 Å². The Balaban J connectivity index is 1.36. The molecule has 0 spiro atoms. The maximum atomic E-state index is 5.94. The minimum absolute atomic E-state index is 0.183. The van der Waals surface area contributed by atoms with E-state index in [1.54, 1.807) is 24.2 Å². The molecular formula is C21H21N9S. The van der Waals surface area contributed by atoms with Crippen LogP contribution >= 0.6 is 11.8 Å². The molecule has 0 aliphatic heterocycles. The summed E-state index contributed by atoms with van der Waals surface area (Å²) in [4.78, 5) is 17.2. The zero-order chi connectivity index (χ0) is 21.2. The Hall–Kier alpha value is -3.53. The molecule has 0 bridgehead atoms. The first-order chi connectivity index (χ1) is 15.2. The fraction of sp³-hybridized carbons (Fsp3) is 0.238. The molecule has 1 aliphatic rings. The number of aryl methyl sites for hydroxylation is 1. The first kappa shape index (κ1) is 19.4. The average Bonchev–Trinajstić information content (AvgIpc) is 3.53. The van der Waals surface area contributed by atoms with Crippen LogP contribution in [-0.4, -0.2) is 34.7 Å². The molecule has 0 unspecified atom stereocenters. The zero-order valence-electron chi connectivity index (χ0n) is 16.9. The van der Waals surface area contributed by atoms with E-state index in [4.69, 9.17) is 5.73 Å². The van der Waals surface area contributed by atoms with Gasteiger partial charge < -0.3 is 11.1 Å².